The first-order chi connectivity index (χ1) is 11.1. The number of carbonyl (C=O) groups is 1. The molecule has 3 rings (SSSR count). The zero-order valence-corrected chi connectivity index (χ0v) is 13.5. The second kappa shape index (κ2) is 6.76. The van der Waals surface area contributed by atoms with E-state index in [1.807, 2.05) is 47.2 Å². The topological polar surface area (TPSA) is 67.2 Å². The van der Waals surface area contributed by atoms with Crippen molar-refractivity contribution in [2.75, 3.05) is 6.54 Å². The van der Waals surface area contributed by atoms with Crippen molar-refractivity contribution >= 4 is 17.2 Å². The molecule has 0 radical (unpaired) electrons. The third-order valence-electron chi connectivity index (χ3n) is 3.55. The highest BCUT2D eigenvalue weighted by Crippen LogP contribution is 2.16. The minimum atomic E-state index is -0.699. The van der Waals surface area contributed by atoms with Gasteiger partial charge >= 0.3 is 0 Å². The van der Waals surface area contributed by atoms with E-state index in [1.54, 1.807) is 17.8 Å². The van der Waals surface area contributed by atoms with Gasteiger partial charge in [-0.3, -0.25) is 4.79 Å². The van der Waals surface area contributed by atoms with Crippen molar-refractivity contribution in [2.24, 2.45) is 0 Å². The highest BCUT2D eigenvalue weighted by Gasteiger charge is 2.16. The van der Waals surface area contributed by atoms with Crippen LogP contribution in [0.5, 0.6) is 0 Å². The lowest BCUT2D eigenvalue weighted by atomic mass is 10.2. The summed E-state index contributed by atoms with van der Waals surface area (Å²) in [7, 11) is 0. The van der Waals surface area contributed by atoms with Crippen molar-refractivity contribution in [2.45, 2.75) is 13.0 Å². The highest BCUT2D eigenvalue weighted by molar-refractivity contribution is 7.07. The van der Waals surface area contributed by atoms with Crippen molar-refractivity contribution in [1.29, 1.82) is 0 Å². The standard InChI is InChI=1S/C17H17N3O2S/c1-12-15(10-20(19-12)14-5-3-2-4-6-14)17(22)18-9-16(21)13-7-8-23-11-13/h2-8,10-11,16,21H,9H2,1H3,(H,18,22). The minimum absolute atomic E-state index is 0.172. The highest BCUT2D eigenvalue weighted by atomic mass is 32.1. The number of carbonyl (C=O) groups excluding carboxylic acids is 1. The molecule has 0 bridgehead atoms. The summed E-state index contributed by atoms with van der Waals surface area (Å²) in [5, 5.41) is 20.9. The Bertz CT molecular complexity index is 782. The van der Waals surface area contributed by atoms with E-state index in [0.717, 1.165) is 11.3 Å². The van der Waals surface area contributed by atoms with Crippen LogP contribution in [0.1, 0.15) is 27.7 Å². The SMILES string of the molecule is Cc1nn(-c2ccccc2)cc1C(=O)NCC(O)c1ccsc1. The Morgan fingerprint density at radius 2 is 2.13 bits per heavy atom. The summed E-state index contributed by atoms with van der Waals surface area (Å²) >= 11 is 1.52. The molecule has 0 spiro atoms. The minimum Gasteiger partial charge on any atom is -0.387 e. The van der Waals surface area contributed by atoms with Gasteiger partial charge in [-0.1, -0.05) is 18.2 Å². The Labute approximate surface area is 138 Å². The monoisotopic (exact) mass is 327 g/mol. The van der Waals surface area contributed by atoms with Gasteiger partial charge in [-0.25, -0.2) is 4.68 Å². The largest absolute Gasteiger partial charge is 0.387 e. The molecule has 1 amide bonds. The van der Waals surface area contributed by atoms with Crippen LogP contribution in [0.25, 0.3) is 5.69 Å². The number of rotatable bonds is 5. The number of nitrogens with one attached hydrogen (secondary N) is 1. The Hall–Kier alpha value is -2.44. The third kappa shape index (κ3) is 3.49. The van der Waals surface area contributed by atoms with Crippen molar-refractivity contribution in [1.82, 2.24) is 15.1 Å². The maximum Gasteiger partial charge on any atom is 0.254 e. The summed E-state index contributed by atoms with van der Waals surface area (Å²) < 4.78 is 1.68. The van der Waals surface area contributed by atoms with Crippen LogP contribution in [0, 0.1) is 6.92 Å². The van der Waals surface area contributed by atoms with Gasteiger partial charge in [0, 0.05) is 12.7 Å². The second-order valence-electron chi connectivity index (χ2n) is 5.19. The number of amides is 1. The van der Waals surface area contributed by atoms with E-state index in [-0.39, 0.29) is 12.5 Å². The lowest BCUT2D eigenvalue weighted by molar-refractivity contribution is 0.0916. The average Bonchev–Trinajstić information content (AvgIpc) is 3.23. The molecule has 5 nitrogen and oxygen atoms in total. The van der Waals surface area contributed by atoms with E-state index in [0.29, 0.717) is 11.3 Å². The Kier molecular flexibility index (Phi) is 4.55. The molecule has 23 heavy (non-hydrogen) atoms. The quantitative estimate of drug-likeness (QED) is 0.757. The molecular weight excluding hydrogens is 310 g/mol. The fourth-order valence-electron chi connectivity index (χ4n) is 2.26. The van der Waals surface area contributed by atoms with E-state index < -0.39 is 6.10 Å². The van der Waals surface area contributed by atoms with Gasteiger partial charge in [0.15, 0.2) is 0 Å². The number of aromatic nitrogens is 2. The molecule has 2 heterocycles. The molecule has 2 N–H and O–H groups in total. The molecule has 3 aromatic rings. The van der Waals surface area contributed by atoms with Crippen LogP contribution in [0.15, 0.2) is 53.4 Å². The van der Waals surface area contributed by atoms with E-state index in [2.05, 4.69) is 10.4 Å². The van der Waals surface area contributed by atoms with E-state index in [9.17, 15) is 9.90 Å². The lowest BCUT2D eigenvalue weighted by Crippen LogP contribution is -2.28. The molecule has 0 fully saturated rings. The number of para-hydroxylation sites is 1. The number of benzene rings is 1. The molecular formula is C17H17N3O2S. The van der Waals surface area contributed by atoms with Crippen LogP contribution in [-0.2, 0) is 0 Å². The van der Waals surface area contributed by atoms with E-state index >= 15 is 0 Å². The number of thiophene rings is 1. The number of hydrogen-bond acceptors (Lipinski definition) is 4. The number of aryl methyl sites for hydroxylation is 1. The summed E-state index contributed by atoms with van der Waals surface area (Å²) in [6.07, 6.45) is 1.01. The molecule has 1 aromatic carbocycles. The maximum absolute atomic E-state index is 12.3. The number of aliphatic hydroxyl groups excluding tert-OH is 1. The third-order valence-corrected chi connectivity index (χ3v) is 4.25. The first-order valence-electron chi connectivity index (χ1n) is 7.25. The summed E-state index contributed by atoms with van der Waals surface area (Å²) in [6.45, 7) is 1.97. The van der Waals surface area contributed by atoms with Crippen LogP contribution in [0.4, 0.5) is 0 Å². The zero-order valence-electron chi connectivity index (χ0n) is 12.6. The number of hydrogen-bond donors (Lipinski definition) is 2. The first-order valence-corrected chi connectivity index (χ1v) is 8.19. The summed E-state index contributed by atoms with van der Waals surface area (Å²) in [6, 6.07) is 11.5. The number of nitrogens with zero attached hydrogens (tertiary/aromatic N) is 2. The van der Waals surface area contributed by atoms with E-state index in [4.69, 9.17) is 0 Å². The van der Waals surface area contributed by atoms with Crippen LogP contribution in [0.2, 0.25) is 0 Å². The van der Waals surface area contributed by atoms with Crippen molar-refractivity contribution in [3.63, 3.8) is 0 Å². The first kappa shape index (κ1) is 15.5. The smallest absolute Gasteiger partial charge is 0.254 e. The van der Waals surface area contributed by atoms with Crippen LogP contribution < -0.4 is 5.32 Å². The molecule has 1 atom stereocenters. The molecule has 6 heteroatoms. The van der Waals surface area contributed by atoms with Gasteiger partial charge in [0.25, 0.3) is 5.91 Å². The van der Waals surface area contributed by atoms with Crippen molar-refractivity contribution < 1.29 is 9.90 Å². The fourth-order valence-corrected chi connectivity index (χ4v) is 2.97. The van der Waals surface area contributed by atoms with Gasteiger partial charge in [-0.2, -0.15) is 16.4 Å². The van der Waals surface area contributed by atoms with Gasteiger partial charge < -0.3 is 10.4 Å². The summed E-state index contributed by atoms with van der Waals surface area (Å²) in [5.74, 6) is -0.237. The maximum atomic E-state index is 12.3. The van der Waals surface area contributed by atoms with Crippen LogP contribution >= 0.6 is 11.3 Å². The molecule has 1 unspecified atom stereocenters. The van der Waals surface area contributed by atoms with Crippen molar-refractivity contribution in [3.8, 4) is 5.69 Å². The van der Waals surface area contributed by atoms with E-state index in [1.165, 1.54) is 11.3 Å². The zero-order chi connectivity index (χ0) is 16.2. The predicted molar refractivity (Wildman–Crippen MR) is 89.9 cm³/mol. The molecule has 0 aliphatic carbocycles. The molecule has 0 aliphatic heterocycles. The molecule has 0 saturated carbocycles. The number of aliphatic hydroxyl groups is 1. The predicted octanol–water partition coefficient (Wildman–Crippen LogP) is 2.71. The normalized spacial score (nSPS) is 12.1. The van der Waals surface area contributed by atoms with Crippen molar-refractivity contribution in [3.05, 3.63) is 70.2 Å². The Balaban J connectivity index is 1.69. The van der Waals surface area contributed by atoms with Crippen LogP contribution in [0.3, 0.4) is 0 Å². The Morgan fingerprint density at radius 1 is 1.35 bits per heavy atom. The Morgan fingerprint density at radius 3 is 2.83 bits per heavy atom. The van der Waals surface area contributed by atoms with Gasteiger partial charge in [-0.05, 0) is 41.4 Å². The molecule has 2 aromatic heterocycles. The van der Waals surface area contributed by atoms with Gasteiger partial charge in [0.2, 0.25) is 0 Å². The molecule has 0 aliphatic rings. The van der Waals surface area contributed by atoms with Gasteiger partial charge in [0.05, 0.1) is 23.0 Å². The molecule has 118 valence electrons. The fraction of sp³-hybridized carbons (Fsp3) is 0.176. The average molecular weight is 327 g/mol. The summed E-state index contributed by atoms with van der Waals surface area (Å²) in [4.78, 5) is 12.3. The second-order valence-corrected chi connectivity index (χ2v) is 5.97. The van der Waals surface area contributed by atoms with Gasteiger partial charge in [-0.15, -0.1) is 0 Å². The van der Waals surface area contributed by atoms with Crippen LogP contribution in [-0.4, -0.2) is 27.3 Å². The summed E-state index contributed by atoms with van der Waals surface area (Å²) in [5.41, 5.74) is 2.86. The lowest BCUT2D eigenvalue weighted by Gasteiger charge is -2.10. The molecule has 0 saturated heterocycles. The van der Waals surface area contributed by atoms with Gasteiger partial charge in [0.1, 0.15) is 0 Å².